The summed E-state index contributed by atoms with van der Waals surface area (Å²) in [7, 11) is 1.65. The van der Waals surface area contributed by atoms with Gasteiger partial charge in [0.05, 0.1) is 12.5 Å². The molecule has 0 bridgehead atoms. The average molecular weight is 159 g/mol. The summed E-state index contributed by atoms with van der Waals surface area (Å²) in [5, 5.41) is 0. The van der Waals surface area contributed by atoms with E-state index >= 15 is 0 Å². The van der Waals surface area contributed by atoms with Crippen LogP contribution in [0.4, 0.5) is 0 Å². The van der Waals surface area contributed by atoms with Crippen LogP contribution in [-0.2, 0) is 4.74 Å². The van der Waals surface area contributed by atoms with Gasteiger partial charge < -0.3 is 4.74 Å². The Balaban J connectivity index is 3.70. The van der Waals surface area contributed by atoms with Gasteiger partial charge in [0, 0.05) is 7.11 Å². The summed E-state index contributed by atoms with van der Waals surface area (Å²) in [5.41, 5.74) is 1.00. The van der Waals surface area contributed by atoms with Crippen molar-refractivity contribution in [3.63, 3.8) is 0 Å². The van der Waals surface area contributed by atoms with E-state index in [1.165, 1.54) is 0 Å². The van der Waals surface area contributed by atoms with Crippen molar-refractivity contribution >= 4 is 11.6 Å². The fourth-order valence-electron chi connectivity index (χ4n) is 0.432. The van der Waals surface area contributed by atoms with E-state index in [0.29, 0.717) is 12.5 Å². The molecule has 0 aliphatic heterocycles. The van der Waals surface area contributed by atoms with E-state index in [-0.39, 0.29) is 0 Å². The summed E-state index contributed by atoms with van der Waals surface area (Å²) in [4.78, 5) is 0. The first kappa shape index (κ1) is 9.55. The smallest absolute Gasteiger partial charge is 0.0838 e. The molecule has 10 heavy (non-hydrogen) atoms. The zero-order valence-corrected chi connectivity index (χ0v) is 7.03. The second-order valence-electron chi connectivity index (χ2n) is 1.78. The summed E-state index contributed by atoms with van der Waals surface area (Å²) in [6.45, 7) is 2.54. The topological polar surface area (TPSA) is 9.23 Å². The molecule has 0 fully saturated rings. The van der Waals surface area contributed by atoms with Gasteiger partial charge in [-0.25, -0.2) is 0 Å². The van der Waals surface area contributed by atoms with Crippen molar-refractivity contribution in [1.82, 2.24) is 0 Å². The van der Waals surface area contributed by atoms with Crippen LogP contribution in [-0.4, -0.2) is 19.6 Å². The predicted molar refractivity (Wildman–Crippen MR) is 44.1 cm³/mol. The second-order valence-corrected chi connectivity index (χ2v) is 2.05. The van der Waals surface area contributed by atoms with Crippen LogP contribution < -0.4 is 0 Å². The average Bonchev–Trinajstić information content (AvgIpc) is 1.97. The SMILES string of the molecule is COC/C=C(\C)C#CCCl. The van der Waals surface area contributed by atoms with E-state index in [1.807, 2.05) is 13.0 Å². The van der Waals surface area contributed by atoms with E-state index in [2.05, 4.69) is 11.8 Å². The third kappa shape index (κ3) is 5.68. The number of rotatable bonds is 2. The van der Waals surface area contributed by atoms with E-state index in [4.69, 9.17) is 16.3 Å². The Hall–Kier alpha value is -0.450. The summed E-state index contributed by atoms with van der Waals surface area (Å²) in [6.07, 6.45) is 1.92. The molecule has 0 aromatic heterocycles. The minimum Gasteiger partial charge on any atom is -0.381 e. The highest BCUT2D eigenvalue weighted by molar-refractivity contribution is 6.19. The first-order valence-electron chi connectivity index (χ1n) is 3.01. The zero-order chi connectivity index (χ0) is 7.82. The van der Waals surface area contributed by atoms with Crippen molar-refractivity contribution in [3.8, 4) is 11.8 Å². The van der Waals surface area contributed by atoms with Gasteiger partial charge in [-0.2, -0.15) is 0 Å². The number of methoxy groups -OCH3 is 1. The number of halogens is 1. The molecule has 0 aliphatic carbocycles. The monoisotopic (exact) mass is 158 g/mol. The number of hydrogen-bond donors (Lipinski definition) is 0. The first-order chi connectivity index (χ1) is 4.81. The lowest BCUT2D eigenvalue weighted by Gasteiger charge is -1.88. The van der Waals surface area contributed by atoms with E-state index in [0.717, 1.165) is 5.57 Å². The molecular formula is C8H11ClO. The van der Waals surface area contributed by atoms with Crippen LogP contribution in [0, 0.1) is 11.8 Å². The van der Waals surface area contributed by atoms with Gasteiger partial charge in [-0.1, -0.05) is 11.8 Å². The molecule has 0 spiro atoms. The molecular weight excluding hydrogens is 148 g/mol. The van der Waals surface area contributed by atoms with Gasteiger partial charge in [0.1, 0.15) is 0 Å². The molecule has 0 radical (unpaired) electrons. The third-order valence-electron chi connectivity index (χ3n) is 0.909. The molecule has 56 valence electrons. The molecule has 0 unspecified atom stereocenters. The Morgan fingerprint density at radius 1 is 1.70 bits per heavy atom. The largest absolute Gasteiger partial charge is 0.381 e. The molecule has 0 N–H and O–H groups in total. The van der Waals surface area contributed by atoms with Crippen molar-refractivity contribution in [2.75, 3.05) is 19.6 Å². The lowest BCUT2D eigenvalue weighted by Crippen LogP contribution is -1.82. The van der Waals surface area contributed by atoms with Gasteiger partial charge in [0.15, 0.2) is 0 Å². The van der Waals surface area contributed by atoms with Crippen LogP contribution >= 0.6 is 11.6 Å². The molecule has 0 amide bonds. The van der Waals surface area contributed by atoms with Crippen LogP contribution in [0.1, 0.15) is 6.92 Å². The Bertz CT molecular complexity index is 162. The van der Waals surface area contributed by atoms with Gasteiger partial charge in [0.25, 0.3) is 0 Å². The second kappa shape index (κ2) is 6.67. The van der Waals surface area contributed by atoms with E-state index in [1.54, 1.807) is 7.11 Å². The molecule has 0 aromatic carbocycles. The summed E-state index contributed by atoms with van der Waals surface area (Å²) >= 11 is 5.35. The summed E-state index contributed by atoms with van der Waals surface area (Å²) in [6, 6.07) is 0. The highest BCUT2D eigenvalue weighted by atomic mass is 35.5. The first-order valence-corrected chi connectivity index (χ1v) is 3.55. The molecule has 0 aromatic rings. The normalized spacial score (nSPS) is 10.5. The highest BCUT2D eigenvalue weighted by Crippen LogP contribution is 1.88. The quantitative estimate of drug-likeness (QED) is 0.440. The van der Waals surface area contributed by atoms with Crippen molar-refractivity contribution in [1.29, 1.82) is 0 Å². The molecule has 0 rings (SSSR count). The Kier molecular flexibility index (Phi) is 6.37. The van der Waals surface area contributed by atoms with Crippen molar-refractivity contribution < 1.29 is 4.74 Å². The molecule has 0 saturated carbocycles. The maximum Gasteiger partial charge on any atom is 0.0838 e. The third-order valence-corrected chi connectivity index (χ3v) is 1.04. The van der Waals surface area contributed by atoms with Crippen LogP contribution in [0.3, 0.4) is 0 Å². The number of ether oxygens (including phenoxy) is 1. The Labute approximate surface area is 67.0 Å². The maximum atomic E-state index is 5.35. The van der Waals surface area contributed by atoms with Crippen molar-refractivity contribution in [2.24, 2.45) is 0 Å². The summed E-state index contributed by atoms with van der Waals surface area (Å²) in [5.74, 6) is 6.00. The fraction of sp³-hybridized carbons (Fsp3) is 0.500. The number of hydrogen-bond acceptors (Lipinski definition) is 1. The predicted octanol–water partition coefficient (Wildman–Crippen LogP) is 1.82. The molecule has 2 heteroatoms. The fourth-order valence-corrected chi connectivity index (χ4v) is 0.499. The van der Waals surface area contributed by atoms with Crippen LogP contribution in [0.15, 0.2) is 11.6 Å². The Morgan fingerprint density at radius 2 is 2.40 bits per heavy atom. The minimum absolute atomic E-state index is 0.387. The minimum atomic E-state index is 0.387. The van der Waals surface area contributed by atoms with Gasteiger partial charge in [-0.15, -0.1) is 11.6 Å². The molecule has 0 saturated heterocycles. The summed E-state index contributed by atoms with van der Waals surface area (Å²) < 4.78 is 4.82. The molecule has 1 nitrogen and oxygen atoms in total. The maximum absolute atomic E-state index is 5.35. The van der Waals surface area contributed by atoms with E-state index < -0.39 is 0 Å². The van der Waals surface area contributed by atoms with Crippen molar-refractivity contribution in [2.45, 2.75) is 6.92 Å². The molecule has 0 atom stereocenters. The lowest BCUT2D eigenvalue weighted by atomic mass is 10.3. The van der Waals surface area contributed by atoms with Crippen LogP contribution in [0.25, 0.3) is 0 Å². The standard InChI is InChI=1S/C8H11ClO/c1-8(4-3-6-9)5-7-10-2/h5H,6-7H2,1-2H3/b8-5+. The molecule has 0 heterocycles. The Morgan fingerprint density at radius 3 is 2.90 bits per heavy atom. The van der Waals surface area contributed by atoms with Gasteiger partial charge in [-0.3, -0.25) is 0 Å². The zero-order valence-electron chi connectivity index (χ0n) is 6.28. The number of allylic oxidation sites excluding steroid dienone is 1. The van der Waals surface area contributed by atoms with Crippen molar-refractivity contribution in [3.05, 3.63) is 11.6 Å². The van der Waals surface area contributed by atoms with Gasteiger partial charge >= 0.3 is 0 Å². The lowest BCUT2D eigenvalue weighted by molar-refractivity contribution is 0.233. The van der Waals surface area contributed by atoms with Crippen LogP contribution in [0.2, 0.25) is 0 Å². The van der Waals surface area contributed by atoms with Crippen LogP contribution in [0.5, 0.6) is 0 Å². The van der Waals surface area contributed by atoms with Gasteiger partial charge in [-0.05, 0) is 18.6 Å². The molecule has 0 aliphatic rings. The number of alkyl halides is 1. The van der Waals surface area contributed by atoms with Gasteiger partial charge in [0.2, 0.25) is 0 Å². The van der Waals surface area contributed by atoms with E-state index in [9.17, 15) is 0 Å². The highest BCUT2D eigenvalue weighted by Gasteiger charge is 1.78.